The summed E-state index contributed by atoms with van der Waals surface area (Å²) in [5, 5.41) is 0. The molecular weight excluding hydrogens is 257 g/mol. The van der Waals surface area contributed by atoms with Crippen LogP contribution in [0.15, 0.2) is 0 Å². The van der Waals surface area contributed by atoms with Crippen LogP contribution in [-0.4, -0.2) is 36.6 Å². The molecular formula is C13H21F3N2O. The Labute approximate surface area is 111 Å². The lowest BCUT2D eigenvalue weighted by atomic mass is 9.78. The molecule has 1 heterocycles. The molecule has 1 saturated carbocycles. The molecule has 0 aromatic rings. The molecule has 110 valence electrons. The zero-order valence-corrected chi connectivity index (χ0v) is 11.0. The summed E-state index contributed by atoms with van der Waals surface area (Å²) in [6.07, 6.45) is -1.70. The van der Waals surface area contributed by atoms with Crippen molar-refractivity contribution in [2.24, 2.45) is 23.5 Å². The summed E-state index contributed by atoms with van der Waals surface area (Å²) in [5.41, 5.74) is 5.55. The summed E-state index contributed by atoms with van der Waals surface area (Å²) in [6.45, 7) is 1.58. The second kappa shape index (κ2) is 5.69. The second-order valence-corrected chi connectivity index (χ2v) is 5.71. The van der Waals surface area contributed by atoms with E-state index in [-0.39, 0.29) is 18.2 Å². The SMILES string of the molecule is NCC1CCN(C(=O)C2CCCCC2C(F)(F)F)C1. The number of carbonyl (C=O) groups excluding carboxylic acids is 1. The largest absolute Gasteiger partial charge is 0.392 e. The van der Waals surface area contributed by atoms with Gasteiger partial charge in [0.15, 0.2) is 0 Å². The van der Waals surface area contributed by atoms with E-state index in [9.17, 15) is 18.0 Å². The van der Waals surface area contributed by atoms with Crippen molar-refractivity contribution in [3.8, 4) is 0 Å². The minimum absolute atomic E-state index is 0.0913. The second-order valence-electron chi connectivity index (χ2n) is 5.71. The summed E-state index contributed by atoms with van der Waals surface area (Å²) in [6, 6.07) is 0. The first-order valence-corrected chi connectivity index (χ1v) is 6.99. The highest BCUT2D eigenvalue weighted by molar-refractivity contribution is 5.79. The minimum Gasteiger partial charge on any atom is -0.342 e. The van der Waals surface area contributed by atoms with Crippen molar-refractivity contribution < 1.29 is 18.0 Å². The van der Waals surface area contributed by atoms with E-state index in [1.165, 1.54) is 0 Å². The summed E-state index contributed by atoms with van der Waals surface area (Å²) < 4.78 is 39.0. The van der Waals surface area contributed by atoms with Crippen molar-refractivity contribution in [1.82, 2.24) is 4.90 Å². The molecule has 0 bridgehead atoms. The molecule has 19 heavy (non-hydrogen) atoms. The molecule has 3 unspecified atom stereocenters. The van der Waals surface area contributed by atoms with Crippen molar-refractivity contribution in [1.29, 1.82) is 0 Å². The Bertz CT molecular complexity index is 332. The number of nitrogens with two attached hydrogens (primary N) is 1. The van der Waals surface area contributed by atoms with Gasteiger partial charge in [0.1, 0.15) is 0 Å². The lowest BCUT2D eigenvalue weighted by molar-refractivity contribution is -0.200. The third-order valence-corrected chi connectivity index (χ3v) is 4.43. The van der Waals surface area contributed by atoms with Gasteiger partial charge in [0.2, 0.25) is 5.91 Å². The van der Waals surface area contributed by atoms with Gasteiger partial charge in [-0.1, -0.05) is 12.8 Å². The fraction of sp³-hybridized carbons (Fsp3) is 0.923. The van der Waals surface area contributed by atoms with E-state index in [1.54, 1.807) is 4.90 Å². The zero-order chi connectivity index (χ0) is 14.0. The quantitative estimate of drug-likeness (QED) is 0.841. The van der Waals surface area contributed by atoms with Gasteiger partial charge in [-0.3, -0.25) is 4.79 Å². The van der Waals surface area contributed by atoms with Crippen molar-refractivity contribution >= 4 is 5.91 Å². The number of likely N-dealkylation sites (tertiary alicyclic amines) is 1. The number of carbonyl (C=O) groups is 1. The number of rotatable bonds is 2. The van der Waals surface area contributed by atoms with E-state index in [0.29, 0.717) is 32.5 Å². The molecule has 2 N–H and O–H groups in total. The third-order valence-electron chi connectivity index (χ3n) is 4.43. The summed E-state index contributed by atoms with van der Waals surface area (Å²) in [7, 11) is 0. The van der Waals surface area contributed by atoms with Gasteiger partial charge in [0, 0.05) is 19.0 Å². The summed E-state index contributed by atoms with van der Waals surface area (Å²) in [4.78, 5) is 13.9. The van der Waals surface area contributed by atoms with E-state index in [2.05, 4.69) is 0 Å². The molecule has 2 aliphatic rings. The maximum absolute atomic E-state index is 13.0. The molecule has 1 amide bonds. The van der Waals surface area contributed by atoms with Crippen LogP contribution in [0.4, 0.5) is 13.2 Å². The average Bonchev–Trinajstić information content (AvgIpc) is 2.85. The van der Waals surface area contributed by atoms with E-state index in [4.69, 9.17) is 5.73 Å². The van der Waals surface area contributed by atoms with Gasteiger partial charge in [-0.15, -0.1) is 0 Å². The van der Waals surface area contributed by atoms with Crippen LogP contribution >= 0.6 is 0 Å². The lowest BCUT2D eigenvalue weighted by Crippen LogP contribution is -2.44. The Morgan fingerprint density at radius 3 is 2.47 bits per heavy atom. The molecule has 0 spiro atoms. The highest BCUT2D eigenvalue weighted by Gasteiger charge is 2.49. The first kappa shape index (κ1) is 14.6. The molecule has 3 nitrogen and oxygen atoms in total. The topological polar surface area (TPSA) is 46.3 Å². The van der Waals surface area contributed by atoms with Gasteiger partial charge in [0.05, 0.1) is 5.92 Å². The molecule has 0 aromatic carbocycles. The van der Waals surface area contributed by atoms with Crippen molar-refractivity contribution in [3.05, 3.63) is 0 Å². The molecule has 6 heteroatoms. The molecule has 1 aliphatic carbocycles. The van der Waals surface area contributed by atoms with E-state index in [0.717, 1.165) is 12.8 Å². The predicted octanol–water partition coefficient (Wildman–Crippen LogP) is 2.16. The Morgan fingerprint density at radius 1 is 1.21 bits per heavy atom. The Morgan fingerprint density at radius 2 is 1.89 bits per heavy atom. The number of hydrogen-bond acceptors (Lipinski definition) is 2. The highest BCUT2D eigenvalue weighted by atomic mass is 19.4. The number of nitrogens with zero attached hydrogens (tertiary/aromatic N) is 1. The standard InChI is InChI=1S/C13H21F3N2O/c14-13(15,16)11-4-2-1-3-10(11)12(19)18-6-5-9(7-17)8-18/h9-11H,1-8,17H2. The van der Waals surface area contributed by atoms with Crippen LogP contribution in [0, 0.1) is 17.8 Å². The van der Waals surface area contributed by atoms with Gasteiger partial charge in [0.25, 0.3) is 0 Å². The molecule has 0 aromatic heterocycles. The first-order chi connectivity index (χ1) is 8.93. The van der Waals surface area contributed by atoms with E-state index >= 15 is 0 Å². The monoisotopic (exact) mass is 278 g/mol. The molecule has 2 rings (SSSR count). The smallest absolute Gasteiger partial charge is 0.342 e. The van der Waals surface area contributed by atoms with E-state index in [1.807, 2.05) is 0 Å². The summed E-state index contributed by atoms with van der Waals surface area (Å²) in [5.74, 6) is -2.38. The Hall–Kier alpha value is -0.780. The number of halogens is 3. The van der Waals surface area contributed by atoms with Crippen LogP contribution in [0.2, 0.25) is 0 Å². The highest BCUT2D eigenvalue weighted by Crippen LogP contribution is 2.42. The van der Waals surface area contributed by atoms with Gasteiger partial charge in [-0.25, -0.2) is 0 Å². The molecule has 1 saturated heterocycles. The van der Waals surface area contributed by atoms with Gasteiger partial charge >= 0.3 is 6.18 Å². The lowest BCUT2D eigenvalue weighted by Gasteiger charge is -2.34. The molecule has 3 atom stereocenters. The maximum atomic E-state index is 13.0. The van der Waals surface area contributed by atoms with Crippen molar-refractivity contribution in [2.75, 3.05) is 19.6 Å². The van der Waals surface area contributed by atoms with Crippen molar-refractivity contribution in [3.63, 3.8) is 0 Å². The molecule has 0 radical (unpaired) electrons. The Balaban J connectivity index is 2.04. The predicted molar refractivity (Wildman–Crippen MR) is 65.2 cm³/mol. The fourth-order valence-electron chi connectivity index (χ4n) is 3.28. The number of alkyl halides is 3. The Kier molecular flexibility index (Phi) is 4.38. The van der Waals surface area contributed by atoms with Crippen molar-refractivity contribution in [2.45, 2.75) is 38.3 Å². The van der Waals surface area contributed by atoms with Crippen LogP contribution in [0.25, 0.3) is 0 Å². The van der Waals surface area contributed by atoms with Crippen LogP contribution in [0.1, 0.15) is 32.1 Å². The third kappa shape index (κ3) is 3.22. The van der Waals surface area contributed by atoms with Crippen LogP contribution in [0.3, 0.4) is 0 Å². The fourth-order valence-corrected chi connectivity index (χ4v) is 3.28. The van der Waals surface area contributed by atoms with Gasteiger partial charge < -0.3 is 10.6 Å². The summed E-state index contributed by atoms with van der Waals surface area (Å²) >= 11 is 0. The zero-order valence-electron chi connectivity index (χ0n) is 11.0. The number of amides is 1. The minimum atomic E-state index is -4.26. The van der Waals surface area contributed by atoms with E-state index < -0.39 is 18.0 Å². The number of hydrogen-bond donors (Lipinski definition) is 1. The molecule has 2 fully saturated rings. The molecule has 1 aliphatic heterocycles. The van der Waals surface area contributed by atoms with Gasteiger partial charge in [-0.2, -0.15) is 13.2 Å². The normalized spacial score (nSPS) is 32.6. The average molecular weight is 278 g/mol. The maximum Gasteiger partial charge on any atom is 0.392 e. The first-order valence-electron chi connectivity index (χ1n) is 6.99. The van der Waals surface area contributed by atoms with Crippen LogP contribution < -0.4 is 5.73 Å². The van der Waals surface area contributed by atoms with Crippen LogP contribution in [0.5, 0.6) is 0 Å². The van der Waals surface area contributed by atoms with Gasteiger partial charge in [-0.05, 0) is 31.7 Å². The van der Waals surface area contributed by atoms with Crippen LogP contribution in [-0.2, 0) is 4.79 Å².